The van der Waals surface area contributed by atoms with E-state index in [0.717, 1.165) is 15.0 Å². The van der Waals surface area contributed by atoms with Crippen LogP contribution in [-0.4, -0.2) is 87.2 Å². The van der Waals surface area contributed by atoms with Gasteiger partial charge in [-0.1, -0.05) is 23.1 Å². The Morgan fingerprint density at radius 2 is 1.81 bits per heavy atom. The van der Waals surface area contributed by atoms with Crippen molar-refractivity contribution in [2.45, 2.75) is 16.2 Å². The number of thioether (sulfide) groups is 1. The molecular formula is C19H25N5O5S3. The van der Waals surface area contributed by atoms with E-state index in [-0.39, 0.29) is 16.6 Å². The number of amides is 1. The van der Waals surface area contributed by atoms with Crippen molar-refractivity contribution < 1.29 is 22.7 Å². The van der Waals surface area contributed by atoms with Crippen LogP contribution in [0.4, 0.5) is 11.4 Å². The Morgan fingerprint density at radius 1 is 1.12 bits per heavy atom. The van der Waals surface area contributed by atoms with Gasteiger partial charge in [0.05, 0.1) is 48.5 Å². The molecule has 0 unspecified atom stereocenters. The van der Waals surface area contributed by atoms with E-state index >= 15 is 0 Å². The number of carbonyl (C=O) groups excluding carboxylic acids is 1. The number of hydrogen-bond donors (Lipinski definition) is 1. The molecule has 3 heterocycles. The van der Waals surface area contributed by atoms with E-state index in [1.165, 1.54) is 27.4 Å². The molecule has 174 valence electrons. The molecule has 2 aliphatic heterocycles. The molecule has 13 heteroatoms. The van der Waals surface area contributed by atoms with E-state index in [1.54, 1.807) is 18.2 Å². The second kappa shape index (κ2) is 10.4. The minimum absolute atomic E-state index is 0.150. The number of sulfonamides is 1. The molecule has 10 nitrogen and oxygen atoms in total. The number of nitrogens with zero attached hydrogens (tertiary/aromatic N) is 4. The average molecular weight is 500 g/mol. The first-order valence-corrected chi connectivity index (χ1v) is 13.4. The maximum atomic E-state index is 13.1. The summed E-state index contributed by atoms with van der Waals surface area (Å²) in [5, 5.41) is 11.7. The lowest BCUT2D eigenvalue weighted by Gasteiger charge is -2.31. The molecule has 1 amide bonds. The summed E-state index contributed by atoms with van der Waals surface area (Å²) in [6.07, 6.45) is 0. The van der Waals surface area contributed by atoms with Crippen LogP contribution in [0.5, 0.6) is 0 Å². The van der Waals surface area contributed by atoms with E-state index in [1.807, 2.05) is 6.92 Å². The molecule has 0 aliphatic carbocycles. The van der Waals surface area contributed by atoms with Crippen molar-refractivity contribution in [1.82, 2.24) is 14.5 Å². The number of hydrogen-bond acceptors (Lipinski definition) is 10. The van der Waals surface area contributed by atoms with Crippen molar-refractivity contribution in [3.8, 4) is 0 Å². The third-order valence-electron chi connectivity index (χ3n) is 5.04. The summed E-state index contributed by atoms with van der Waals surface area (Å²) >= 11 is 2.73. The van der Waals surface area contributed by atoms with Crippen molar-refractivity contribution in [3.05, 3.63) is 23.2 Å². The highest BCUT2D eigenvalue weighted by Crippen LogP contribution is 2.31. The molecule has 2 aromatic rings. The molecule has 1 N–H and O–H groups in total. The van der Waals surface area contributed by atoms with Crippen molar-refractivity contribution in [2.24, 2.45) is 0 Å². The van der Waals surface area contributed by atoms with Gasteiger partial charge in [-0.05, 0) is 25.1 Å². The lowest BCUT2D eigenvalue weighted by atomic mass is 10.2. The number of aryl methyl sites for hydroxylation is 1. The Kier molecular flexibility index (Phi) is 7.63. The number of rotatable bonds is 7. The highest BCUT2D eigenvalue weighted by Gasteiger charge is 2.28. The first-order valence-electron chi connectivity index (χ1n) is 10.2. The van der Waals surface area contributed by atoms with Gasteiger partial charge in [0.1, 0.15) is 5.01 Å². The summed E-state index contributed by atoms with van der Waals surface area (Å²) in [5.74, 6) is -0.0873. The van der Waals surface area contributed by atoms with Crippen LogP contribution < -0.4 is 10.2 Å². The quantitative estimate of drug-likeness (QED) is 0.565. The zero-order valence-electron chi connectivity index (χ0n) is 17.7. The van der Waals surface area contributed by atoms with E-state index < -0.39 is 10.0 Å². The number of ether oxygens (including phenoxy) is 2. The largest absolute Gasteiger partial charge is 0.379 e. The van der Waals surface area contributed by atoms with Crippen LogP contribution in [0.2, 0.25) is 0 Å². The number of aromatic nitrogens is 2. The lowest BCUT2D eigenvalue weighted by Crippen LogP contribution is -2.40. The summed E-state index contributed by atoms with van der Waals surface area (Å²) in [6.45, 7) is 5.71. The van der Waals surface area contributed by atoms with Gasteiger partial charge in [-0.25, -0.2) is 8.42 Å². The number of nitrogens with one attached hydrogen (secondary N) is 1. The topological polar surface area (TPSA) is 114 Å². The first kappa shape index (κ1) is 23.4. The van der Waals surface area contributed by atoms with Gasteiger partial charge in [-0.3, -0.25) is 4.79 Å². The zero-order chi connectivity index (χ0) is 22.6. The van der Waals surface area contributed by atoms with Gasteiger partial charge in [0.25, 0.3) is 0 Å². The molecule has 2 saturated heterocycles. The van der Waals surface area contributed by atoms with E-state index in [4.69, 9.17) is 9.47 Å². The molecule has 4 rings (SSSR count). The van der Waals surface area contributed by atoms with Gasteiger partial charge < -0.3 is 19.7 Å². The van der Waals surface area contributed by atoms with Gasteiger partial charge in [-0.2, -0.15) is 4.31 Å². The third kappa shape index (κ3) is 5.58. The van der Waals surface area contributed by atoms with Gasteiger partial charge >= 0.3 is 0 Å². The molecule has 0 saturated carbocycles. The van der Waals surface area contributed by atoms with E-state index in [9.17, 15) is 13.2 Å². The standard InChI is InChI=1S/C19H25N5O5S3/c1-14-21-22-19(31-14)30-13-18(25)20-16-12-15(32(26,27)24-6-10-29-11-7-24)2-3-17(16)23-4-8-28-9-5-23/h2-3,12H,4-11,13H2,1H3,(H,20,25). The minimum atomic E-state index is -3.68. The Bertz CT molecular complexity index is 1050. The smallest absolute Gasteiger partial charge is 0.243 e. The summed E-state index contributed by atoms with van der Waals surface area (Å²) in [7, 11) is -3.68. The van der Waals surface area contributed by atoms with Crippen LogP contribution in [0.1, 0.15) is 5.01 Å². The van der Waals surface area contributed by atoms with Crippen LogP contribution in [0.15, 0.2) is 27.4 Å². The van der Waals surface area contributed by atoms with Crippen LogP contribution in [0.3, 0.4) is 0 Å². The van der Waals surface area contributed by atoms with Crippen molar-refractivity contribution in [3.63, 3.8) is 0 Å². The predicted octanol–water partition coefficient (Wildman–Crippen LogP) is 1.43. The van der Waals surface area contributed by atoms with Crippen molar-refractivity contribution in [2.75, 3.05) is 68.6 Å². The Balaban J connectivity index is 1.56. The summed E-state index contributed by atoms with van der Waals surface area (Å²) in [4.78, 5) is 14.9. The summed E-state index contributed by atoms with van der Waals surface area (Å²) < 4.78 is 39.1. The first-order chi connectivity index (χ1) is 15.4. The van der Waals surface area contributed by atoms with Crippen LogP contribution in [0, 0.1) is 6.92 Å². The molecule has 2 fully saturated rings. The second-order valence-electron chi connectivity index (χ2n) is 7.22. The number of anilines is 2. The van der Waals surface area contributed by atoms with Crippen LogP contribution in [-0.2, 0) is 24.3 Å². The highest BCUT2D eigenvalue weighted by molar-refractivity contribution is 8.01. The fraction of sp³-hybridized carbons (Fsp3) is 0.526. The highest BCUT2D eigenvalue weighted by atomic mass is 32.2. The molecule has 1 aromatic heterocycles. The SMILES string of the molecule is Cc1nnc(SCC(=O)Nc2cc(S(=O)(=O)N3CCOCC3)ccc2N2CCOCC2)s1. The monoisotopic (exact) mass is 499 g/mol. The third-order valence-corrected chi connectivity index (χ3v) is 8.90. The van der Waals surface area contributed by atoms with Crippen LogP contribution >= 0.6 is 23.1 Å². The second-order valence-corrected chi connectivity index (χ2v) is 11.6. The van der Waals surface area contributed by atoms with Gasteiger partial charge in [0, 0.05) is 26.2 Å². The fourth-order valence-electron chi connectivity index (χ4n) is 3.44. The fourth-order valence-corrected chi connectivity index (χ4v) is 6.49. The predicted molar refractivity (Wildman–Crippen MR) is 123 cm³/mol. The molecule has 0 radical (unpaired) electrons. The summed E-state index contributed by atoms with van der Waals surface area (Å²) in [6, 6.07) is 4.91. The minimum Gasteiger partial charge on any atom is -0.379 e. The zero-order valence-corrected chi connectivity index (χ0v) is 20.1. The Hall–Kier alpha value is -1.77. The van der Waals surface area contributed by atoms with E-state index in [0.29, 0.717) is 58.3 Å². The molecule has 0 atom stereocenters. The summed E-state index contributed by atoms with van der Waals surface area (Å²) in [5.41, 5.74) is 1.25. The molecular weight excluding hydrogens is 474 g/mol. The van der Waals surface area contributed by atoms with Crippen LogP contribution in [0.25, 0.3) is 0 Å². The maximum Gasteiger partial charge on any atom is 0.243 e. The molecule has 1 aromatic carbocycles. The van der Waals surface area contributed by atoms with Crippen molar-refractivity contribution >= 4 is 50.4 Å². The maximum absolute atomic E-state index is 13.1. The molecule has 0 bridgehead atoms. The Morgan fingerprint density at radius 3 is 2.47 bits per heavy atom. The number of carbonyl (C=O) groups is 1. The van der Waals surface area contributed by atoms with Crippen molar-refractivity contribution in [1.29, 1.82) is 0 Å². The number of morpholine rings is 2. The molecule has 0 spiro atoms. The molecule has 32 heavy (non-hydrogen) atoms. The van der Waals surface area contributed by atoms with Gasteiger partial charge in [-0.15, -0.1) is 10.2 Å². The average Bonchev–Trinajstić information content (AvgIpc) is 3.24. The Labute approximate surface area is 195 Å². The van der Waals surface area contributed by atoms with Gasteiger partial charge in [0.15, 0.2) is 4.34 Å². The van der Waals surface area contributed by atoms with E-state index in [2.05, 4.69) is 20.4 Å². The molecule has 2 aliphatic rings. The van der Waals surface area contributed by atoms with Gasteiger partial charge in [0.2, 0.25) is 15.9 Å². The number of benzene rings is 1. The normalized spacial score (nSPS) is 18.0. The lowest BCUT2D eigenvalue weighted by molar-refractivity contribution is -0.113.